The molecule has 1 atom stereocenters. The first-order valence-electron chi connectivity index (χ1n) is 6.95. The number of nitrogens with zero attached hydrogens (tertiary/aromatic N) is 2. The topological polar surface area (TPSA) is 61.0 Å². The van der Waals surface area contributed by atoms with Crippen LogP contribution in [0.5, 0.6) is 0 Å². The first-order chi connectivity index (χ1) is 10.2. The minimum absolute atomic E-state index is 0.0368. The van der Waals surface area contributed by atoms with Gasteiger partial charge in [0.05, 0.1) is 4.47 Å². The fraction of sp³-hybridized carbons (Fsp3) is 0.333. The zero-order chi connectivity index (χ0) is 14.8. The molecule has 1 saturated heterocycles. The van der Waals surface area contributed by atoms with Gasteiger partial charge in [0.15, 0.2) is 0 Å². The zero-order valence-corrected chi connectivity index (χ0v) is 13.4. The molecule has 21 heavy (non-hydrogen) atoms. The van der Waals surface area contributed by atoms with Gasteiger partial charge in [0.1, 0.15) is 11.4 Å². The minimum atomic E-state index is -0.0368. The Morgan fingerprint density at radius 3 is 2.81 bits per heavy atom. The highest BCUT2D eigenvalue weighted by atomic mass is 79.9. The number of halogens is 1. The number of nitrogens with one attached hydrogen (secondary N) is 2. The fourth-order valence-electron chi connectivity index (χ4n) is 2.57. The van der Waals surface area contributed by atoms with E-state index in [1.807, 2.05) is 37.4 Å². The van der Waals surface area contributed by atoms with Crippen molar-refractivity contribution in [3.8, 4) is 11.3 Å². The van der Waals surface area contributed by atoms with Gasteiger partial charge in [0.2, 0.25) is 0 Å². The number of benzene rings is 1. The average Bonchev–Trinajstić information content (AvgIpc) is 3.16. The predicted octanol–water partition coefficient (Wildman–Crippen LogP) is 2.27. The third-order valence-electron chi connectivity index (χ3n) is 3.87. The highest BCUT2D eigenvalue weighted by Gasteiger charge is 2.27. The summed E-state index contributed by atoms with van der Waals surface area (Å²) in [6.07, 6.45) is 0.986. The molecule has 2 N–H and O–H groups in total. The van der Waals surface area contributed by atoms with Crippen LogP contribution in [0.15, 0.2) is 34.8 Å². The van der Waals surface area contributed by atoms with Gasteiger partial charge >= 0.3 is 0 Å². The van der Waals surface area contributed by atoms with E-state index in [1.54, 1.807) is 4.90 Å². The summed E-state index contributed by atoms with van der Waals surface area (Å²) in [7, 11) is 1.84. The molecule has 1 fully saturated rings. The van der Waals surface area contributed by atoms with Crippen molar-refractivity contribution in [2.45, 2.75) is 12.5 Å². The van der Waals surface area contributed by atoms with Crippen LogP contribution in [0.2, 0.25) is 0 Å². The average molecular weight is 349 g/mol. The van der Waals surface area contributed by atoms with E-state index in [9.17, 15) is 4.79 Å². The number of carbonyl (C=O) groups is 1. The van der Waals surface area contributed by atoms with Gasteiger partial charge in [-0.3, -0.25) is 9.89 Å². The summed E-state index contributed by atoms with van der Waals surface area (Å²) in [5.41, 5.74) is 2.24. The van der Waals surface area contributed by atoms with Crippen molar-refractivity contribution in [2.75, 3.05) is 20.1 Å². The number of hydrogen-bond acceptors (Lipinski definition) is 3. The van der Waals surface area contributed by atoms with Crippen LogP contribution in [-0.4, -0.2) is 47.2 Å². The lowest BCUT2D eigenvalue weighted by Crippen LogP contribution is -2.38. The van der Waals surface area contributed by atoms with Crippen LogP contribution in [0, 0.1) is 0 Å². The maximum Gasteiger partial charge on any atom is 0.273 e. The summed E-state index contributed by atoms with van der Waals surface area (Å²) < 4.78 is 0.719. The molecule has 0 bridgehead atoms. The van der Waals surface area contributed by atoms with Gasteiger partial charge in [-0.1, -0.05) is 30.3 Å². The Labute approximate surface area is 131 Å². The van der Waals surface area contributed by atoms with Crippen molar-refractivity contribution >= 4 is 21.8 Å². The van der Waals surface area contributed by atoms with E-state index in [-0.39, 0.29) is 11.9 Å². The largest absolute Gasteiger partial charge is 0.336 e. The second-order valence-corrected chi connectivity index (χ2v) is 5.98. The summed E-state index contributed by atoms with van der Waals surface area (Å²) in [5, 5.41) is 10.4. The van der Waals surface area contributed by atoms with Crippen molar-refractivity contribution < 1.29 is 4.79 Å². The zero-order valence-electron chi connectivity index (χ0n) is 11.8. The van der Waals surface area contributed by atoms with Gasteiger partial charge in [0, 0.05) is 25.2 Å². The molecule has 110 valence electrons. The Hall–Kier alpha value is -1.66. The molecule has 1 unspecified atom stereocenters. The van der Waals surface area contributed by atoms with Crippen molar-refractivity contribution in [2.24, 2.45) is 0 Å². The first kappa shape index (κ1) is 14.3. The van der Waals surface area contributed by atoms with Crippen LogP contribution in [0.1, 0.15) is 16.9 Å². The molecule has 5 nitrogen and oxygen atoms in total. The summed E-state index contributed by atoms with van der Waals surface area (Å²) in [4.78, 5) is 14.4. The lowest BCUT2D eigenvalue weighted by atomic mass is 10.1. The maximum atomic E-state index is 12.6. The Kier molecular flexibility index (Phi) is 4.07. The third-order valence-corrected chi connectivity index (χ3v) is 4.64. The molecular weight excluding hydrogens is 332 g/mol. The van der Waals surface area contributed by atoms with Crippen LogP contribution in [0.3, 0.4) is 0 Å². The van der Waals surface area contributed by atoms with Gasteiger partial charge in [0.25, 0.3) is 5.91 Å². The van der Waals surface area contributed by atoms with Gasteiger partial charge in [-0.05, 0) is 28.9 Å². The number of aromatic amines is 1. The molecule has 1 aromatic heterocycles. The monoisotopic (exact) mass is 348 g/mol. The molecule has 1 aliphatic heterocycles. The van der Waals surface area contributed by atoms with Crippen LogP contribution >= 0.6 is 15.9 Å². The van der Waals surface area contributed by atoms with Crippen molar-refractivity contribution in [1.29, 1.82) is 0 Å². The first-order valence-corrected chi connectivity index (χ1v) is 7.75. The minimum Gasteiger partial charge on any atom is -0.336 e. The van der Waals surface area contributed by atoms with Crippen molar-refractivity contribution in [1.82, 2.24) is 20.4 Å². The summed E-state index contributed by atoms with van der Waals surface area (Å²) in [5.74, 6) is -0.0368. The standard InChI is InChI=1S/C15H17BrN4O/c1-20(11-7-8-17-9-11)15(21)14-12(16)13(18-19-14)10-5-3-2-4-6-10/h2-6,11,17H,7-9H2,1H3,(H,18,19). The van der Waals surface area contributed by atoms with E-state index >= 15 is 0 Å². The molecule has 2 aromatic rings. The quantitative estimate of drug-likeness (QED) is 0.894. The highest BCUT2D eigenvalue weighted by molar-refractivity contribution is 9.10. The van der Waals surface area contributed by atoms with E-state index in [2.05, 4.69) is 31.4 Å². The number of amides is 1. The molecule has 1 aromatic carbocycles. The van der Waals surface area contributed by atoms with Gasteiger partial charge in [-0.15, -0.1) is 0 Å². The molecule has 0 aliphatic carbocycles. The van der Waals surface area contributed by atoms with E-state index in [1.165, 1.54) is 0 Å². The Morgan fingerprint density at radius 2 is 2.14 bits per heavy atom. The van der Waals surface area contributed by atoms with Crippen molar-refractivity contribution in [3.05, 3.63) is 40.5 Å². The van der Waals surface area contributed by atoms with Crippen LogP contribution in [0.25, 0.3) is 11.3 Å². The van der Waals surface area contributed by atoms with Crippen molar-refractivity contribution in [3.63, 3.8) is 0 Å². The molecule has 0 spiro atoms. The SMILES string of the molecule is CN(C(=O)c1[nH]nc(-c2ccccc2)c1Br)C1CCNC1. The predicted molar refractivity (Wildman–Crippen MR) is 85.1 cm³/mol. The van der Waals surface area contributed by atoms with Gasteiger partial charge < -0.3 is 10.2 Å². The Morgan fingerprint density at radius 1 is 1.38 bits per heavy atom. The summed E-state index contributed by atoms with van der Waals surface area (Å²) >= 11 is 3.51. The number of hydrogen-bond donors (Lipinski definition) is 2. The fourth-order valence-corrected chi connectivity index (χ4v) is 3.15. The van der Waals surface area contributed by atoms with Gasteiger partial charge in [-0.25, -0.2) is 0 Å². The smallest absolute Gasteiger partial charge is 0.273 e. The van der Waals surface area contributed by atoms with Crippen LogP contribution in [-0.2, 0) is 0 Å². The van der Waals surface area contributed by atoms with Gasteiger partial charge in [-0.2, -0.15) is 5.10 Å². The molecule has 2 heterocycles. The van der Waals surface area contributed by atoms with Crippen LogP contribution < -0.4 is 5.32 Å². The number of aromatic nitrogens is 2. The summed E-state index contributed by atoms with van der Waals surface area (Å²) in [6, 6.07) is 10.0. The lowest BCUT2D eigenvalue weighted by Gasteiger charge is -2.23. The third kappa shape index (κ3) is 2.73. The second-order valence-electron chi connectivity index (χ2n) is 5.19. The molecule has 1 aliphatic rings. The van der Waals surface area contributed by atoms with E-state index in [0.29, 0.717) is 5.69 Å². The summed E-state index contributed by atoms with van der Waals surface area (Å²) in [6.45, 7) is 1.81. The second kappa shape index (κ2) is 5.99. The van der Waals surface area contributed by atoms with Crippen LogP contribution in [0.4, 0.5) is 0 Å². The van der Waals surface area contributed by atoms with E-state index < -0.39 is 0 Å². The van der Waals surface area contributed by atoms with E-state index in [0.717, 1.165) is 35.2 Å². The molecule has 3 rings (SSSR count). The lowest BCUT2D eigenvalue weighted by molar-refractivity contribution is 0.0737. The maximum absolute atomic E-state index is 12.6. The number of likely N-dealkylation sites (N-methyl/N-ethyl adjacent to an activating group) is 1. The van der Waals surface area contributed by atoms with E-state index in [4.69, 9.17) is 0 Å². The Balaban J connectivity index is 1.86. The molecule has 0 radical (unpaired) electrons. The number of carbonyl (C=O) groups excluding carboxylic acids is 1. The molecular formula is C15H17BrN4O. The molecule has 0 saturated carbocycles. The molecule has 1 amide bonds. The number of rotatable bonds is 3. The normalized spacial score (nSPS) is 17.9. The highest BCUT2D eigenvalue weighted by Crippen LogP contribution is 2.29. The Bertz CT molecular complexity index is 634. The molecule has 6 heteroatoms. The number of H-pyrrole nitrogens is 1.